The molecule has 5 heteroatoms. The van der Waals surface area contributed by atoms with Gasteiger partial charge in [-0.15, -0.1) is 11.8 Å². The van der Waals surface area contributed by atoms with Crippen LogP contribution in [0.25, 0.3) is 22.2 Å². The molecule has 0 radical (unpaired) electrons. The molecule has 0 aliphatic rings. The van der Waals surface area contributed by atoms with Gasteiger partial charge < -0.3 is 4.74 Å². The monoisotopic (exact) mass is 406 g/mol. The Labute approximate surface area is 173 Å². The number of nitrogens with zero attached hydrogens (tertiary/aromatic N) is 2. The highest BCUT2D eigenvalue weighted by molar-refractivity contribution is 7.99. The molecule has 140 valence electrons. The maximum atomic E-state index is 6.22. The first-order valence-electron chi connectivity index (χ1n) is 9.08. The van der Waals surface area contributed by atoms with Crippen molar-refractivity contribution in [1.82, 2.24) is 9.97 Å². The molecule has 0 aliphatic heterocycles. The lowest BCUT2D eigenvalue weighted by molar-refractivity contribution is 0.458. The Hall–Kier alpha value is -2.56. The minimum absolute atomic E-state index is 0.488. The lowest BCUT2D eigenvalue weighted by atomic mass is 10.1. The predicted octanol–water partition coefficient (Wildman–Crippen LogP) is 7.16. The number of ether oxygens (including phenoxy) is 1. The largest absolute Gasteiger partial charge is 0.437 e. The molecule has 28 heavy (non-hydrogen) atoms. The Balaban J connectivity index is 1.66. The van der Waals surface area contributed by atoms with E-state index in [0.717, 1.165) is 22.6 Å². The highest BCUT2D eigenvalue weighted by Gasteiger charge is 2.10. The van der Waals surface area contributed by atoms with Crippen LogP contribution < -0.4 is 4.74 Å². The van der Waals surface area contributed by atoms with Gasteiger partial charge in [0.15, 0.2) is 0 Å². The minimum atomic E-state index is 0.488. The zero-order valence-electron chi connectivity index (χ0n) is 15.6. The number of para-hydroxylation sites is 1. The molecule has 0 atom stereocenters. The summed E-state index contributed by atoms with van der Waals surface area (Å²) >= 11 is 8.06. The van der Waals surface area contributed by atoms with Gasteiger partial charge in [-0.2, -0.15) is 0 Å². The molecule has 1 aromatic heterocycles. The number of hydrogen-bond donors (Lipinski definition) is 0. The van der Waals surface area contributed by atoms with E-state index in [9.17, 15) is 0 Å². The summed E-state index contributed by atoms with van der Waals surface area (Å²) in [5.74, 6) is 2.27. The lowest BCUT2D eigenvalue weighted by Gasteiger charge is -2.11. The minimum Gasteiger partial charge on any atom is -0.437 e. The van der Waals surface area contributed by atoms with Crippen LogP contribution in [-0.4, -0.2) is 15.7 Å². The van der Waals surface area contributed by atoms with Crippen LogP contribution in [0.5, 0.6) is 11.6 Å². The summed E-state index contributed by atoms with van der Waals surface area (Å²) in [4.78, 5) is 10.4. The van der Waals surface area contributed by atoms with E-state index in [-0.39, 0.29) is 0 Å². The van der Waals surface area contributed by atoms with Crippen LogP contribution in [0.2, 0.25) is 5.02 Å². The molecule has 0 unspecified atom stereocenters. The maximum absolute atomic E-state index is 6.22. The van der Waals surface area contributed by atoms with Crippen LogP contribution in [0.3, 0.4) is 0 Å². The molecule has 0 N–H and O–H groups in total. The number of benzene rings is 3. The van der Waals surface area contributed by atoms with Crippen molar-refractivity contribution in [2.75, 3.05) is 5.75 Å². The molecule has 0 aliphatic carbocycles. The number of thioether (sulfide) groups is 1. The molecule has 0 amide bonds. The Morgan fingerprint density at radius 3 is 2.50 bits per heavy atom. The van der Waals surface area contributed by atoms with E-state index in [2.05, 4.69) is 47.2 Å². The molecule has 0 spiro atoms. The molecular formula is C23H19ClN2OS. The summed E-state index contributed by atoms with van der Waals surface area (Å²) < 4.78 is 6.08. The van der Waals surface area contributed by atoms with E-state index in [0.29, 0.717) is 27.6 Å². The first-order valence-corrected chi connectivity index (χ1v) is 10.4. The summed E-state index contributed by atoms with van der Waals surface area (Å²) in [5, 5.41) is 0.589. The third-order valence-corrected chi connectivity index (χ3v) is 5.48. The lowest BCUT2D eigenvalue weighted by Crippen LogP contribution is -1.96. The summed E-state index contributed by atoms with van der Waals surface area (Å²) in [7, 11) is 0. The zero-order chi connectivity index (χ0) is 19.5. The van der Waals surface area contributed by atoms with Crippen LogP contribution in [0.4, 0.5) is 0 Å². The maximum Gasteiger partial charge on any atom is 0.241 e. The van der Waals surface area contributed by atoms with E-state index in [1.54, 1.807) is 0 Å². The first kappa shape index (κ1) is 18.8. The quantitative estimate of drug-likeness (QED) is 0.329. The Morgan fingerprint density at radius 2 is 1.68 bits per heavy atom. The van der Waals surface area contributed by atoms with Crippen molar-refractivity contribution in [3.63, 3.8) is 0 Å². The summed E-state index contributed by atoms with van der Waals surface area (Å²) in [6.07, 6.45) is 0. The van der Waals surface area contributed by atoms with Crippen molar-refractivity contribution in [3.8, 4) is 22.8 Å². The van der Waals surface area contributed by atoms with Gasteiger partial charge in [0.2, 0.25) is 5.88 Å². The fourth-order valence-corrected chi connectivity index (χ4v) is 3.92. The molecule has 1 heterocycles. The van der Waals surface area contributed by atoms with E-state index < -0.39 is 0 Å². The van der Waals surface area contributed by atoms with Gasteiger partial charge in [0.25, 0.3) is 0 Å². The van der Waals surface area contributed by atoms with Gasteiger partial charge >= 0.3 is 0 Å². The highest BCUT2D eigenvalue weighted by atomic mass is 35.5. The molecule has 0 saturated carbocycles. The third kappa shape index (κ3) is 3.98. The van der Waals surface area contributed by atoms with Gasteiger partial charge in [0.05, 0.1) is 10.5 Å². The smallest absolute Gasteiger partial charge is 0.241 e. The second kappa shape index (κ2) is 8.21. The van der Waals surface area contributed by atoms with Crippen LogP contribution >= 0.6 is 23.4 Å². The second-order valence-corrected chi connectivity index (χ2v) is 8.06. The normalized spacial score (nSPS) is 11.0. The Bertz CT molecular complexity index is 1150. The summed E-state index contributed by atoms with van der Waals surface area (Å²) in [6, 6.07) is 22.1. The standard InChI is InChI=1S/C23H19ClN2OS/c1-3-28-19-10-5-8-17(14-19)16-7-4-9-18(13-16)27-23-15(2)25-22-20(24)11-6-12-21(22)26-23/h4-14H,3H2,1-2H3. The molecule has 0 saturated heterocycles. The molecule has 4 rings (SSSR count). The summed E-state index contributed by atoms with van der Waals surface area (Å²) in [6.45, 7) is 4.03. The fourth-order valence-electron chi connectivity index (χ4n) is 2.99. The van der Waals surface area contributed by atoms with Gasteiger partial charge in [-0.3, -0.25) is 0 Å². The van der Waals surface area contributed by atoms with Crippen molar-refractivity contribution < 1.29 is 4.74 Å². The van der Waals surface area contributed by atoms with Gasteiger partial charge in [0, 0.05) is 4.90 Å². The number of rotatable bonds is 5. The van der Waals surface area contributed by atoms with Gasteiger partial charge in [0.1, 0.15) is 17.0 Å². The number of hydrogen-bond acceptors (Lipinski definition) is 4. The van der Waals surface area contributed by atoms with Crippen molar-refractivity contribution in [2.24, 2.45) is 0 Å². The van der Waals surface area contributed by atoms with Crippen molar-refractivity contribution in [1.29, 1.82) is 0 Å². The van der Waals surface area contributed by atoms with Crippen molar-refractivity contribution in [3.05, 3.63) is 77.4 Å². The number of halogens is 1. The molecule has 4 aromatic rings. The van der Waals surface area contributed by atoms with Crippen LogP contribution in [-0.2, 0) is 0 Å². The van der Waals surface area contributed by atoms with Crippen molar-refractivity contribution in [2.45, 2.75) is 18.7 Å². The Morgan fingerprint density at radius 1 is 0.929 bits per heavy atom. The first-order chi connectivity index (χ1) is 13.6. The van der Waals surface area contributed by atoms with E-state index in [1.165, 1.54) is 4.90 Å². The molecule has 3 aromatic carbocycles. The molecule has 3 nitrogen and oxygen atoms in total. The average molecular weight is 407 g/mol. The van der Waals surface area contributed by atoms with Crippen LogP contribution in [0, 0.1) is 6.92 Å². The zero-order valence-corrected chi connectivity index (χ0v) is 17.2. The van der Waals surface area contributed by atoms with Gasteiger partial charge in [-0.1, -0.05) is 48.9 Å². The topological polar surface area (TPSA) is 35.0 Å². The second-order valence-electron chi connectivity index (χ2n) is 6.31. The summed E-state index contributed by atoms with van der Waals surface area (Å²) in [5.41, 5.74) is 4.37. The molecule has 0 bridgehead atoms. The SMILES string of the molecule is CCSc1cccc(-c2cccc(Oc3nc4cccc(Cl)c4nc3C)c2)c1. The van der Waals surface area contributed by atoms with Gasteiger partial charge in [-0.05, 0) is 60.2 Å². The van der Waals surface area contributed by atoms with E-state index in [1.807, 2.05) is 55.1 Å². The fraction of sp³-hybridized carbons (Fsp3) is 0.130. The van der Waals surface area contributed by atoms with E-state index in [4.69, 9.17) is 16.3 Å². The van der Waals surface area contributed by atoms with Crippen LogP contribution in [0.15, 0.2) is 71.6 Å². The third-order valence-electron chi connectivity index (χ3n) is 4.30. The number of aromatic nitrogens is 2. The van der Waals surface area contributed by atoms with Gasteiger partial charge in [-0.25, -0.2) is 9.97 Å². The van der Waals surface area contributed by atoms with Crippen molar-refractivity contribution >= 4 is 34.4 Å². The number of aryl methyl sites for hydroxylation is 1. The molecular weight excluding hydrogens is 388 g/mol. The predicted molar refractivity (Wildman–Crippen MR) is 118 cm³/mol. The molecule has 0 fully saturated rings. The average Bonchev–Trinajstić information content (AvgIpc) is 2.70. The van der Waals surface area contributed by atoms with E-state index >= 15 is 0 Å². The highest BCUT2D eigenvalue weighted by Crippen LogP contribution is 2.31. The van der Waals surface area contributed by atoms with Crippen LogP contribution in [0.1, 0.15) is 12.6 Å². The number of fused-ring (bicyclic) bond motifs is 1. The Kier molecular flexibility index (Phi) is 5.51.